The van der Waals surface area contributed by atoms with Crippen LogP contribution in [-0.4, -0.2) is 37.4 Å². The molecule has 1 amide bonds. The minimum atomic E-state index is -0.350. The molecular weight excluding hydrogens is 317 g/mol. The van der Waals surface area contributed by atoms with Crippen LogP contribution in [0.25, 0.3) is 0 Å². The molecule has 2 fully saturated rings. The quantitative estimate of drug-likeness (QED) is 0.609. The highest BCUT2D eigenvalue weighted by Crippen LogP contribution is 2.36. The van der Waals surface area contributed by atoms with E-state index in [4.69, 9.17) is 14.0 Å². The average molecular weight is 345 g/mol. The van der Waals surface area contributed by atoms with Gasteiger partial charge in [-0.05, 0) is 64.6 Å². The first-order chi connectivity index (χ1) is 11.8. The maximum atomic E-state index is 11.5. The molecule has 0 aromatic heterocycles. The molecule has 2 aliphatic rings. The number of ether oxygens (including phenoxy) is 1. The van der Waals surface area contributed by atoms with Crippen LogP contribution in [0.5, 0.6) is 5.75 Å². The molecule has 1 aliphatic heterocycles. The molecule has 1 aromatic carbocycles. The molecule has 1 N–H and O–H groups in total. The zero-order valence-electron chi connectivity index (χ0n) is 15.6. The fraction of sp³-hybridized carbons (Fsp3) is 0.632. The van der Waals surface area contributed by atoms with Crippen molar-refractivity contribution in [3.63, 3.8) is 0 Å². The molecule has 0 spiro atoms. The molecular formula is C19H28BNO4. The van der Waals surface area contributed by atoms with E-state index in [1.165, 1.54) is 0 Å². The van der Waals surface area contributed by atoms with Crippen molar-refractivity contribution < 1.29 is 18.8 Å². The molecule has 6 heteroatoms. The Morgan fingerprint density at radius 3 is 2.32 bits per heavy atom. The maximum absolute atomic E-state index is 11.5. The summed E-state index contributed by atoms with van der Waals surface area (Å²) in [5.41, 5.74) is 0.317. The zero-order chi connectivity index (χ0) is 18.1. The van der Waals surface area contributed by atoms with E-state index in [9.17, 15) is 4.79 Å². The highest BCUT2D eigenvalue weighted by Gasteiger charge is 2.51. The van der Waals surface area contributed by atoms with Crippen molar-refractivity contribution in [3.8, 4) is 5.75 Å². The van der Waals surface area contributed by atoms with Crippen LogP contribution in [0, 0.1) is 5.92 Å². The summed E-state index contributed by atoms with van der Waals surface area (Å²) in [7, 11) is -0.350. The van der Waals surface area contributed by atoms with Gasteiger partial charge in [0.05, 0.1) is 17.8 Å². The van der Waals surface area contributed by atoms with Gasteiger partial charge in [0.1, 0.15) is 5.75 Å². The summed E-state index contributed by atoms with van der Waals surface area (Å²) in [5.74, 6) is 1.27. The first-order valence-electron chi connectivity index (χ1n) is 9.15. The number of rotatable bonds is 7. The second-order valence-electron chi connectivity index (χ2n) is 7.92. The maximum Gasteiger partial charge on any atom is 0.494 e. The number of carbonyl (C=O) groups excluding carboxylic acids is 1. The lowest BCUT2D eigenvalue weighted by atomic mass is 9.79. The lowest BCUT2D eigenvalue weighted by molar-refractivity contribution is -0.122. The van der Waals surface area contributed by atoms with E-state index in [1.807, 2.05) is 52.0 Å². The SMILES string of the molecule is CC1(C)OB(c2ccc(OCCCNC(=O)C3CC3)cc2)OC1(C)C. The van der Waals surface area contributed by atoms with Gasteiger partial charge in [-0.1, -0.05) is 12.1 Å². The van der Waals surface area contributed by atoms with Crippen molar-refractivity contribution in [1.82, 2.24) is 5.32 Å². The zero-order valence-corrected chi connectivity index (χ0v) is 15.6. The smallest absolute Gasteiger partial charge is 0.494 e. The van der Waals surface area contributed by atoms with Crippen LogP contribution in [-0.2, 0) is 14.1 Å². The second-order valence-corrected chi connectivity index (χ2v) is 7.92. The Bertz CT molecular complexity index is 594. The van der Waals surface area contributed by atoms with Crippen molar-refractivity contribution in [2.45, 2.75) is 58.2 Å². The highest BCUT2D eigenvalue weighted by atomic mass is 16.7. The van der Waals surface area contributed by atoms with Gasteiger partial charge >= 0.3 is 7.12 Å². The minimum Gasteiger partial charge on any atom is -0.494 e. The monoisotopic (exact) mass is 345 g/mol. The average Bonchev–Trinajstić information content (AvgIpc) is 3.35. The van der Waals surface area contributed by atoms with E-state index in [0.29, 0.717) is 13.2 Å². The highest BCUT2D eigenvalue weighted by molar-refractivity contribution is 6.62. The Hall–Kier alpha value is -1.53. The van der Waals surface area contributed by atoms with E-state index in [1.54, 1.807) is 0 Å². The van der Waals surface area contributed by atoms with E-state index < -0.39 is 0 Å². The van der Waals surface area contributed by atoms with Crippen molar-refractivity contribution in [1.29, 1.82) is 0 Å². The van der Waals surface area contributed by atoms with Crippen LogP contribution in [0.15, 0.2) is 24.3 Å². The van der Waals surface area contributed by atoms with Gasteiger partial charge in [0, 0.05) is 12.5 Å². The summed E-state index contributed by atoms with van der Waals surface area (Å²) in [5, 5.41) is 2.94. The van der Waals surface area contributed by atoms with Crippen LogP contribution in [0.3, 0.4) is 0 Å². The molecule has 1 heterocycles. The molecule has 5 nitrogen and oxygen atoms in total. The predicted molar refractivity (Wildman–Crippen MR) is 98.0 cm³/mol. The minimum absolute atomic E-state index is 0.187. The third kappa shape index (κ3) is 4.36. The van der Waals surface area contributed by atoms with Gasteiger partial charge in [0.25, 0.3) is 0 Å². The van der Waals surface area contributed by atoms with Crippen LogP contribution in [0.2, 0.25) is 0 Å². The Morgan fingerprint density at radius 1 is 1.16 bits per heavy atom. The molecule has 1 saturated carbocycles. The number of nitrogens with one attached hydrogen (secondary N) is 1. The summed E-state index contributed by atoms with van der Waals surface area (Å²) in [6, 6.07) is 7.82. The molecule has 0 unspecified atom stereocenters. The molecule has 25 heavy (non-hydrogen) atoms. The number of carbonyl (C=O) groups is 1. The molecule has 1 aliphatic carbocycles. The molecule has 1 aromatic rings. The van der Waals surface area contributed by atoms with Gasteiger partial charge in [0.15, 0.2) is 0 Å². The summed E-state index contributed by atoms with van der Waals surface area (Å²) in [4.78, 5) is 11.5. The fourth-order valence-electron chi connectivity index (χ4n) is 2.66. The van der Waals surface area contributed by atoms with Gasteiger partial charge < -0.3 is 19.4 Å². The molecule has 136 valence electrons. The van der Waals surface area contributed by atoms with Crippen LogP contribution < -0.4 is 15.5 Å². The van der Waals surface area contributed by atoms with Gasteiger partial charge in [-0.3, -0.25) is 4.79 Å². The van der Waals surface area contributed by atoms with Crippen LogP contribution in [0.1, 0.15) is 47.0 Å². The largest absolute Gasteiger partial charge is 0.494 e. The van der Waals surface area contributed by atoms with Gasteiger partial charge in [0.2, 0.25) is 5.91 Å². The lowest BCUT2D eigenvalue weighted by Gasteiger charge is -2.32. The molecule has 0 radical (unpaired) electrons. The second kappa shape index (κ2) is 7.00. The molecule has 0 atom stereocenters. The van der Waals surface area contributed by atoms with Gasteiger partial charge in [-0.25, -0.2) is 0 Å². The Labute approximate surface area is 150 Å². The fourth-order valence-corrected chi connectivity index (χ4v) is 2.66. The van der Waals surface area contributed by atoms with E-state index in [-0.39, 0.29) is 30.1 Å². The first kappa shape index (κ1) is 18.3. The number of hydrogen-bond acceptors (Lipinski definition) is 4. The van der Waals surface area contributed by atoms with Crippen molar-refractivity contribution in [2.24, 2.45) is 5.92 Å². The Kier molecular flexibility index (Phi) is 5.12. The van der Waals surface area contributed by atoms with E-state index >= 15 is 0 Å². The summed E-state index contributed by atoms with van der Waals surface area (Å²) >= 11 is 0. The van der Waals surface area contributed by atoms with Crippen molar-refractivity contribution in [2.75, 3.05) is 13.2 Å². The van der Waals surface area contributed by atoms with Crippen LogP contribution >= 0.6 is 0 Å². The van der Waals surface area contributed by atoms with E-state index in [2.05, 4.69) is 5.32 Å². The Balaban J connectivity index is 1.42. The summed E-state index contributed by atoms with van der Waals surface area (Å²) < 4.78 is 17.8. The third-order valence-electron chi connectivity index (χ3n) is 5.24. The normalized spacial score (nSPS) is 21.2. The van der Waals surface area contributed by atoms with E-state index in [0.717, 1.165) is 30.5 Å². The topological polar surface area (TPSA) is 56.8 Å². The van der Waals surface area contributed by atoms with Crippen molar-refractivity contribution in [3.05, 3.63) is 24.3 Å². The van der Waals surface area contributed by atoms with Crippen LogP contribution in [0.4, 0.5) is 0 Å². The third-order valence-corrected chi connectivity index (χ3v) is 5.24. The number of amides is 1. The first-order valence-corrected chi connectivity index (χ1v) is 9.15. The Morgan fingerprint density at radius 2 is 1.76 bits per heavy atom. The summed E-state index contributed by atoms with van der Waals surface area (Å²) in [6.45, 7) is 9.44. The van der Waals surface area contributed by atoms with Crippen molar-refractivity contribution >= 4 is 18.5 Å². The summed E-state index contributed by atoms with van der Waals surface area (Å²) in [6.07, 6.45) is 2.88. The van der Waals surface area contributed by atoms with Gasteiger partial charge in [-0.2, -0.15) is 0 Å². The molecule has 0 bridgehead atoms. The number of benzene rings is 1. The standard InChI is InChI=1S/C19H28BNO4/c1-18(2)19(3,4)25-20(24-18)15-8-10-16(11-9-15)23-13-5-12-21-17(22)14-6-7-14/h8-11,14H,5-7,12-13H2,1-4H3,(H,21,22). The molecule has 3 rings (SSSR count). The van der Waals surface area contributed by atoms with Gasteiger partial charge in [-0.15, -0.1) is 0 Å². The lowest BCUT2D eigenvalue weighted by Crippen LogP contribution is -2.41. The number of hydrogen-bond donors (Lipinski definition) is 1. The molecule has 1 saturated heterocycles. The predicted octanol–water partition coefficient (Wildman–Crippen LogP) is 2.28.